The molecule has 0 atom stereocenters. The van der Waals surface area contributed by atoms with Gasteiger partial charge in [-0.3, -0.25) is 0 Å². The Hall–Kier alpha value is -7.42. The summed E-state index contributed by atoms with van der Waals surface area (Å²) in [7, 11) is 0. The van der Waals surface area contributed by atoms with Gasteiger partial charge in [0.2, 0.25) is 0 Å². The number of fused-ring (bicyclic) bond motifs is 6. The zero-order valence-electron chi connectivity index (χ0n) is 30.5. The molecule has 0 saturated carbocycles. The van der Waals surface area contributed by atoms with Crippen molar-refractivity contribution < 1.29 is 0 Å². The molecule has 0 fully saturated rings. The van der Waals surface area contributed by atoms with Crippen LogP contribution in [0.3, 0.4) is 0 Å². The first-order valence-corrected chi connectivity index (χ1v) is 19.2. The molecular formula is C54H34N2. The molecule has 0 aliphatic carbocycles. The summed E-state index contributed by atoms with van der Waals surface area (Å²) in [5.41, 5.74) is 9.76. The third kappa shape index (κ3) is 5.26. The lowest BCUT2D eigenvalue weighted by Crippen LogP contribution is -1.99. The Morgan fingerprint density at radius 1 is 0.232 bits per heavy atom. The monoisotopic (exact) mass is 710 g/mol. The van der Waals surface area contributed by atoms with Gasteiger partial charge >= 0.3 is 0 Å². The maximum atomic E-state index is 5.43. The fraction of sp³-hybridized carbons (Fsp3) is 0. The standard InChI is InChI=1S/C54H34N2/c1-3-15-35(16-4-1)36-27-29-39(30-28-36)50-34-49(38-18-5-2-6-19-38)55-54(56-50)53-45-25-13-11-23-43(45)52(44-24-12-14-26-46(44)53)51-42-22-10-8-20-40(42)33-48-41-21-9-7-17-37(41)31-32-47(48)51/h1-34H. The SMILES string of the molecule is c1ccc(-c2ccc(-c3cc(-c4ccccc4)nc(-c4c5ccccc5c(-c5c6ccccc6cc6c5ccc5ccccc56)c5ccccc45)n3)cc2)cc1. The minimum Gasteiger partial charge on any atom is -0.228 e. The van der Waals surface area contributed by atoms with Crippen molar-refractivity contribution in [3.05, 3.63) is 206 Å². The highest BCUT2D eigenvalue weighted by molar-refractivity contribution is 6.29. The van der Waals surface area contributed by atoms with E-state index in [0.717, 1.165) is 38.9 Å². The summed E-state index contributed by atoms with van der Waals surface area (Å²) in [6, 6.07) is 74.0. The van der Waals surface area contributed by atoms with Crippen molar-refractivity contribution >= 4 is 53.9 Å². The molecule has 1 aromatic heterocycles. The van der Waals surface area contributed by atoms with Crippen molar-refractivity contribution in [3.8, 4) is 56.2 Å². The van der Waals surface area contributed by atoms with Crippen LogP contribution in [0.4, 0.5) is 0 Å². The Bertz CT molecular complexity index is 3220. The molecule has 0 unspecified atom stereocenters. The van der Waals surface area contributed by atoms with Gasteiger partial charge in [-0.2, -0.15) is 0 Å². The molecular weight excluding hydrogens is 677 g/mol. The van der Waals surface area contributed by atoms with E-state index in [4.69, 9.17) is 9.97 Å². The summed E-state index contributed by atoms with van der Waals surface area (Å²) >= 11 is 0. The molecule has 0 aliphatic heterocycles. The quantitative estimate of drug-likeness (QED) is 0.131. The second kappa shape index (κ2) is 13.2. The molecule has 0 saturated heterocycles. The lowest BCUT2D eigenvalue weighted by atomic mass is 9.83. The molecule has 0 spiro atoms. The van der Waals surface area contributed by atoms with Crippen LogP contribution in [-0.2, 0) is 0 Å². The fourth-order valence-corrected chi connectivity index (χ4v) is 8.66. The van der Waals surface area contributed by atoms with Crippen LogP contribution in [-0.4, -0.2) is 9.97 Å². The van der Waals surface area contributed by atoms with Gasteiger partial charge in [0.05, 0.1) is 11.4 Å². The smallest absolute Gasteiger partial charge is 0.161 e. The van der Waals surface area contributed by atoms with E-state index in [1.54, 1.807) is 0 Å². The van der Waals surface area contributed by atoms with Gasteiger partial charge < -0.3 is 0 Å². The van der Waals surface area contributed by atoms with Gasteiger partial charge in [-0.05, 0) is 88.2 Å². The fourth-order valence-electron chi connectivity index (χ4n) is 8.66. The van der Waals surface area contributed by atoms with Crippen LogP contribution >= 0.6 is 0 Å². The Morgan fingerprint density at radius 3 is 1.27 bits per heavy atom. The number of aromatic nitrogens is 2. The summed E-state index contributed by atoms with van der Waals surface area (Å²) in [5.74, 6) is 0.709. The molecule has 0 amide bonds. The van der Waals surface area contributed by atoms with Crippen LogP contribution in [0.25, 0.3) is 110 Å². The molecule has 0 bridgehead atoms. The van der Waals surface area contributed by atoms with Gasteiger partial charge in [-0.1, -0.05) is 194 Å². The molecule has 0 radical (unpaired) electrons. The first-order valence-electron chi connectivity index (χ1n) is 19.2. The molecule has 11 rings (SSSR count). The average Bonchev–Trinajstić information content (AvgIpc) is 3.28. The molecule has 1 heterocycles. The second-order valence-corrected chi connectivity index (χ2v) is 14.5. The molecule has 2 nitrogen and oxygen atoms in total. The minimum atomic E-state index is 0.709. The van der Waals surface area contributed by atoms with E-state index in [1.165, 1.54) is 65.3 Å². The van der Waals surface area contributed by atoms with Crippen LogP contribution in [0.15, 0.2) is 206 Å². The third-order valence-electron chi connectivity index (χ3n) is 11.3. The van der Waals surface area contributed by atoms with Gasteiger partial charge in [0, 0.05) is 16.7 Å². The number of nitrogens with zero attached hydrogens (tertiary/aromatic N) is 2. The Balaban J connectivity index is 1.21. The highest BCUT2D eigenvalue weighted by Gasteiger charge is 2.22. The number of benzene rings is 10. The van der Waals surface area contributed by atoms with E-state index in [0.29, 0.717) is 5.82 Å². The summed E-state index contributed by atoms with van der Waals surface area (Å²) in [5, 5.41) is 12.1. The molecule has 10 aromatic carbocycles. The zero-order chi connectivity index (χ0) is 37.0. The van der Waals surface area contributed by atoms with Crippen molar-refractivity contribution in [2.24, 2.45) is 0 Å². The normalized spacial score (nSPS) is 11.6. The maximum absolute atomic E-state index is 5.43. The Labute approximate surface area is 325 Å². The largest absolute Gasteiger partial charge is 0.228 e. The maximum Gasteiger partial charge on any atom is 0.161 e. The van der Waals surface area contributed by atoms with Crippen molar-refractivity contribution in [1.29, 1.82) is 0 Å². The van der Waals surface area contributed by atoms with E-state index in [9.17, 15) is 0 Å². The van der Waals surface area contributed by atoms with Crippen molar-refractivity contribution in [3.63, 3.8) is 0 Å². The van der Waals surface area contributed by atoms with Gasteiger partial charge in [0.1, 0.15) is 0 Å². The first kappa shape index (κ1) is 32.0. The van der Waals surface area contributed by atoms with E-state index < -0.39 is 0 Å². The summed E-state index contributed by atoms with van der Waals surface area (Å²) < 4.78 is 0. The number of rotatable bonds is 5. The van der Waals surface area contributed by atoms with Crippen molar-refractivity contribution in [2.45, 2.75) is 0 Å². The van der Waals surface area contributed by atoms with Crippen molar-refractivity contribution in [1.82, 2.24) is 9.97 Å². The molecule has 56 heavy (non-hydrogen) atoms. The lowest BCUT2D eigenvalue weighted by Gasteiger charge is -2.20. The third-order valence-corrected chi connectivity index (χ3v) is 11.3. The van der Waals surface area contributed by atoms with Crippen LogP contribution in [0.5, 0.6) is 0 Å². The van der Waals surface area contributed by atoms with E-state index in [2.05, 4.69) is 200 Å². The molecule has 2 heteroatoms. The van der Waals surface area contributed by atoms with E-state index in [-0.39, 0.29) is 0 Å². The topological polar surface area (TPSA) is 25.8 Å². The van der Waals surface area contributed by atoms with Crippen LogP contribution in [0.2, 0.25) is 0 Å². The molecule has 0 aliphatic rings. The predicted molar refractivity (Wildman–Crippen MR) is 237 cm³/mol. The van der Waals surface area contributed by atoms with Crippen LogP contribution in [0.1, 0.15) is 0 Å². The summed E-state index contributed by atoms with van der Waals surface area (Å²) in [6.45, 7) is 0. The average molecular weight is 711 g/mol. The van der Waals surface area contributed by atoms with Gasteiger partial charge in [0.25, 0.3) is 0 Å². The van der Waals surface area contributed by atoms with Crippen LogP contribution < -0.4 is 0 Å². The predicted octanol–water partition coefficient (Wildman–Crippen LogP) is 14.6. The molecule has 11 aromatic rings. The molecule has 0 N–H and O–H groups in total. The summed E-state index contributed by atoms with van der Waals surface area (Å²) in [4.78, 5) is 10.8. The second-order valence-electron chi connectivity index (χ2n) is 14.5. The zero-order valence-corrected chi connectivity index (χ0v) is 30.5. The molecule has 260 valence electrons. The van der Waals surface area contributed by atoms with Gasteiger partial charge in [-0.15, -0.1) is 0 Å². The van der Waals surface area contributed by atoms with Gasteiger partial charge in [-0.25, -0.2) is 9.97 Å². The number of hydrogen-bond acceptors (Lipinski definition) is 2. The summed E-state index contributed by atoms with van der Waals surface area (Å²) in [6.07, 6.45) is 0. The Morgan fingerprint density at radius 2 is 0.643 bits per heavy atom. The van der Waals surface area contributed by atoms with Gasteiger partial charge in [0.15, 0.2) is 5.82 Å². The number of hydrogen-bond donors (Lipinski definition) is 0. The highest BCUT2D eigenvalue weighted by atomic mass is 14.9. The van der Waals surface area contributed by atoms with Crippen molar-refractivity contribution in [2.75, 3.05) is 0 Å². The highest BCUT2D eigenvalue weighted by Crippen LogP contribution is 2.48. The Kier molecular flexibility index (Phi) is 7.53. The van der Waals surface area contributed by atoms with E-state index in [1.807, 2.05) is 6.07 Å². The van der Waals surface area contributed by atoms with Crippen LogP contribution in [0, 0.1) is 0 Å². The lowest BCUT2D eigenvalue weighted by molar-refractivity contribution is 1.19. The van der Waals surface area contributed by atoms with E-state index >= 15 is 0 Å². The first-order chi connectivity index (χ1) is 27.8. The minimum absolute atomic E-state index is 0.709.